The Morgan fingerprint density at radius 1 is 1.19 bits per heavy atom. The van der Waals surface area contributed by atoms with Gasteiger partial charge in [-0.2, -0.15) is 5.10 Å². The fourth-order valence-electron chi connectivity index (χ4n) is 4.91. The minimum atomic E-state index is 0.114. The number of amides is 1. The summed E-state index contributed by atoms with van der Waals surface area (Å²) in [5.74, 6) is 1.00. The van der Waals surface area contributed by atoms with E-state index in [0.717, 1.165) is 77.1 Å². The molecule has 2 aliphatic rings. The number of fused-ring (bicyclic) bond motifs is 1. The number of nitrogens with zero attached hydrogens (tertiary/aromatic N) is 4. The molecular formula is C25H37N5O2. The molecule has 1 amide bonds. The highest BCUT2D eigenvalue weighted by molar-refractivity contribution is 5.94. The first-order valence-electron chi connectivity index (χ1n) is 12.0. The zero-order valence-corrected chi connectivity index (χ0v) is 19.8. The third-order valence-corrected chi connectivity index (χ3v) is 6.86. The van der Waals surface area contributed by atoms with Crippen LogP contribution < -0.4 is 10.1 Å². The molecule has 1 atom stereocenters. The lowest BCUT2D eigenvalue weighted by Gasteiger charge is -2.25. The molecule has 1 saturated heterocycles. The number of aromatic nitrogens is 2. The number of carbonyl (C=O) groups excluding carboxylic acids is 1. The van der Waals surface area contributed by atoms with Gasteiger partial charge in [0.15, 0.2) is 5.69 Å². The summed E-state index contributed by atoms with van der Waals surface area (Å²) >= 11 is 0. The van der Waals surface area contributed by atoms with E-state index in [9.17, 15) is 4.79 Å². The maximum absolute atomic E-state index is 13.4. The van der Waals surface area contributed by atoms with Crippen molar-refractivity contribution in [1.82, 2.24) is 24.9 Å². The largest absolute Gasteiger partial charge is 0.497 e. The van der Waals surface area contributed by atoms with Crippen LogP contribution in [0.4, 0.5) is 0 Å². The topological polar surface area (TPSA) is 62.6 Å². The second-order valence-corrected chi connectivity index (χ2v) is 9.03. The number of benzene rings is 1. The zero-order chi connectivity index (χ0) is 22.5. The minimum Gasteiger partial charge on any atom is -0.497 e. The molecule has 7 nitrogen and oxygen atoms in total. The van der Waals surface area contributed by atoms with Crippen LogP contribution in [-0.4, -0.2) is 78.4 Å². The van der Waals surface area contributed by atoms with Crippen LogP contribution in [0.3, 0.4) is 0 Å². The SMILES string of the molecule is CCn1nc(C(=O)N2CCCN(C)CC2)c2c1CCC(NCCc1ccc(OC)cc1)C2. The summed E-state index contributed by atoms with van der Waals surface area (Å²) in [7, 11) is 3.82. The van der Waals surface area contributed by atoms with Crippen molar-refractivity contribution >= 4 is 5.91 Å². The van der Waals surface area contributed by atoms with Gasteiger partial charge in [0, 0.05) is 43.5 Å². The van der Waals surface area contributed by atoms with Gasteiger partial charge in [0.25, 0.3) is 5.91 Å². The predicted octanol–water partition coefficient (Wildman–Crippen LogP) is 2.38. The maximum Gasteiger partial charge on any atom is 0.274 e. The summed E-state index contributed by atoms with van der Waals surface area (Å²) < 4.78 is 7.30. The average molecular weight is 440 g/mol. The van der Waals surface area contributed by atoms with Crippen LogP contribution in [0.2, 0.25) is 0 Å². The van der Waals surface area contributed by atoms with Crippen LogP contribution in [0.5, 0.6) is 5.75 Å². The molecule has 1 aliphatic carbocycles. The minimum absolute atomic E-state index is 0.114. The number of ether oxygens (including phenoxy) is 1. The molecule has 0 spiro atoms. The van der Waals surface area contributed by atoms with Crippen LogP contribution in [-0.2, 0) is 25.8 Å². The third kappa shape index (κ3) is 5.15. The zero-order valence-electron chi connectivity index (χ0n) is 19.8. The summed E-state index contributed by atoms with van der Waals surface area (Å²) in [6.07, 6.45) is 4.95. The molecule has 1 aromatic carbocycles. The van der Waals surface area contributed by atoms with Crippen LogP contribution in [0, 0.1) is 0 Å². The van der Waals surface area contributed by atoms with Crippen molar-refractivity contribution in [3.63, 3.8) is 0 Å². The molecule has 0 radical (unpaired) electrons. The summed E-state index contributed by atoms with van der Waals surface area (Å²) in [5, 5.41) is 8.51. The van der Waals surface area contributed by atoms with E-state index in [4.69, 9.17) is 9.84 Å². The van der Waals surface area contributed by atoms with Crippen molar-refractivity contribution in [2.75, 3.05) is 46.9 Å². The van der Waals surface area contributed by atoms with E-state index in [1.54, 1.807) is 7.11 Å². The number of hydrogen-bond donors (Lipinski definition) is 1. The molecule has 7 heteroatoms. The Labute approximate surface area is 191 Å². The molecule has 32 heavy (non-hydrogen) atoms. The normalized spacial score (nSPS) is 19.5. The highest BCUT2D eigenvalue weighted by Gasteiger charge is 2.31. The number of aryl methyl sites for hydroxylation is 1. The molecule has 1 aromatic heterocycles. The molecule has 1 aliphatic heterocycles. The second-order valence-electron chi connectivity index (χ2n) is 9.03. The molecule has 1 N–H and O–H groups in total. The smallest absolute Gasteiger partial charge is 0.274 e. The number of rotatable bonds is 7. The number of methoxy groups -OCH3 is 1. The highest BCUT2D eigenvalue weighted by atomic mass is 16.5. The van der Waals surface area contributed by atoms with Gasteiger partial charge in [-0.05, 0) is 76.9 Å². The first-order chi connectivity index (χ1) is 15.6. The van der Waals surface area contributed by atoms with Gasteiger partial charge in [0.05, 0.1) is 7.11 Å². The van der Waals surface area contributed by atoms with Crippen LogP contribution >= 0.6 is 0 Å². The van der Waals surface area contributed by atoms with Gasteiger partial charge in [-0.1, -0.05) is 12.1 Å². The molecular weight excluding hydrogens is 402 g/mol. The van der Waals surface area contributed by atoms with E-state index in [1.807, 2.05) is 17.0 Å². The molecule has 0 saturated carbocycles. The molecule has 2 aromatic rings. The van der Waals surface area contributed by atoms with E-state index < -0.39 is 0 Å². The van der Waals surface area contributed by atoms with Crippen molar-refractivity contribution in [1.29, 1.82) is 0 Å². The predicted molar refractivity (Wildman–Crippen MR) is 126 cm³/mol. The van der Waals surface area contributed by atoms with Crippen LogP contribution in [0.1, 0.15) is 47.1 Å². The lowest BCUT2D eigenvalue weighted by molar-refractivity contribution is 0.0754. The Bertz CT molecular complexity index is 908. The quantitative estimate of drug-likeness (QED) is 0.718. The molecule has 174 valence electrons. The van der Waals surface area contributed by atoms with Gasteiger partial charge in [0.2, 0.25) is 0 Å². The Kier molecular flexibility index (Phi) is 7.48. The summed E-state index contributed by atoms with van der Waals surface area (Å²) in [4.78, 5) is 17.7. The number of nitrogens with one attached hydrogen (secondary N) is 1. The van der Waals surface area contributed by atoms with Gasteiger partial charge in [-0.25, -0.2) is 0 Å². The molecule has 0 bridgehead atoms. The third-order valence-electron chi connectivity index (χ3n) is 6.86. The lowest BCUT2D eigenvalue weighted by Crippen LogP contribution is -2.38. The van der Waals surface area contributed by atoms with Gasteiger partial charge >= 0.3 is 0 Å². The van der Waals surface area contributed by atoms with E-state index in [0.29, 0.717) is 11.7 Å². The Morgan fingerprint density at radius 3 is 2.75 bits per heavy atom. The average Bonchev–Trinajstić information content (AvgIpc) is 3.04. The second kappa shape index (κ2) is 10.5. The summed E-state index contributed by atoms with van der Waals surface area (Å²) in [6.45, 7) is 7.43. The van der Waals surface area contributed by atoms with E-state index in [1.165, 1.54) is 16.8 Å². The van der Waals surface area contributed by atoms with Gasteiger partial charge in [-0.15, -0.1) is 0 Å². The summed E-state index contributed by atoms with van der Waals surface area (Å²) in [6, 6.07) is 8.66. The van der Waals surface area contributed by atoms with E-state index >= 15 is 0 Å². The Hall–Kier alpha value is -2.38. The van der Waals surface area contributed by atoms with Crippen molar-refractivity contribution in [3.8, 4) is 5.75 Å². The van der Waals surface area contributed by atoms with Crippen molar-refractivity contribution in [2.24, 2.45) is 0 Å². The number of hydrogen-bond acceptors (Lipinski definition) is 5. The van der Waals surface area contributed by atoms with Crippen molar-refractivity contribution in [2.45, 2.75) is 51.6 Å². The Balaban J connectivity index is 1.41. The molecule has 4 rings (SSSR count). The maximum atomic E-state index is 13.4. The standard InChI is InChI=1S/C25H37N5O2/c1-4-30-23-11-8-20(26-13-12-19-6-9-21(32-3)10-7-19)18-22(23)24(27-30)25(31)29-15-5-14-28(2)16-17-29/h6-7,9-10,20,26H,4-5,8,11-18H2,1-3H3. The van der Waals surface area contributed by atoms with Crippen molar-refractivity contribution in [3.05, 3.63) is 46.8 Å². The number of likely N-dealkylation sites (N-methyl/N-ethyl adjacent to an activating group) is 1. The monoisotopic (exact) mass is 439 g/mol. The number of carbonyl (C=O) groups is 1. The van der Waals surface area contributed by atoms with Crippen LogP contribution in [0.25, 0.3) is 0 Å². The Morgan fingerprint density at radius 2 is 2.00 bits per heavy atom. The first kappa shape index (κ1) is 22.8. The van der Waals surface area contributed by atoms with E-state index in [-0.39, 0.29) is 5.91 Å². The lowest BCUT2D eigenvalue weighted by atomic mass is 9.91. The fourth-order valence-corrected chi connectivity index (χ4v) is 4.91. The van der Waals surface area contributed by atoms with Gasteiger partial charge in [0.1, 0.15) is 5.75 Å². The van der Waals surface area contributed by atoms with Crippen molar-refractivity contribution < 1.29 is 9.53 Å². The van der Waals surface area contributed by atoms with Gasteiger partial charge in [-0.3, -0.25) is 9.48 Å². The highest BCUT2D eigenvalue weighted by Crippen LogP contribution is 2.26. The van der Waals surface area contributed by atoms with Crippen LogP contribution in [0.15, 0.2) is 24.3 Å². The first-order valence-corrected chi connectivity index (χ1v) is 12.0. The molecule has 1 unspecified atom stereocenters. The molecule has 1 fully saturated rings. The fraction of sp³-hybridized carbons (Fsp3) is 0.600. The molecule has 2 heterocycles. The summed E-state index contributed by atoms with van der Waals surface area (Å²) in [5.41, 5.74) is 4.42. The van der Waals surface area contributed by atoms with Gasteiger partial charge < -0.3 is 19.9 Å². The van der Waals surface area contributed by atoms with E-state index in [2.05, 4.69) is 41.0 Å².